The van der Waals surface area contributed by atoms with E-state index in [9.17, 15) is 14.9 Å². The van der Waals surface area contributed by atoms with Crippen molar-refractivity contribution >= 4 is 28.9 Å². The lowest BCUT2D eigenvalue weighted by Gasteiger charge is -2.20. The van der Waals surface area contributed by atoms with Crippen molar-refractivity contribution in [3.63, 3.8) is 0 Å². The van der Waals surface area contributed by atoms with Gasteiger partial charge in [-0.15, -0.1) is 0 Å². The molecular formula is C11H13ClN2O4. The predicted octanol–water partition coefficient (Wildman–Crippen LogP) is 2.77. The number of benzene rings is 1. The molecule has 0 unspecified atom stereocenters. The number of nitro groups is 1. The lowest BCUT2D eigenvalue weighted by molar-refractivity contribution is -0.383. The largest absolute Gasteiger partial charge is 0.481 e. The molecule has 0 aliphatic rings. The highest BCUT2D eigenvalue weighted by Crippen LogP contribution is 2.28. The number of nitro benzene ring substituents is 1. The number of nitrogens with zero attached hydrogens (tertiary/aromatic N) is 1. The fraction of sp³-hybridized carbons (Fsp3) is 0.364. The Balaban J connectivity index is 2.92. The molecule has 0 bridgehead atoms. The van der Waals surface area contributed by atoms with Crippen LogP contribution in [-0.2, 0) is 4.79 Å². The van der Waals surface area contributed by atoms with Crippen molar-refractivity contribution in [1.82, 2.24) is 0 Å². The van der Waals surface area contributed by atoms with Crippen LogP contribution >= 0.6 is 11.6 Å². The second kappa shape index (κ2) is 5.22. The van der Waals surface area contributed by atoms with Gasteiger partial charge in [0.1, 0.15) is 5.69 Å². The van der Waals surface area contributed by atoms with Crippen molar-refractivity contribution < 1.29 is 14.8 Å². The second-order valence-electron chi connectivity index (χ2n) is 4.46. The lowest BCUT2D eigenvalue weighted by Crippen LogP contribution is -2.31. The number of carbonyl (C=O) groups is 1. The van der Waals surface area contributed by atoms with Gasteiger partial charge in [0, 0.05) is 17.6 Å². The van der Waals surface area contributed by atoms with Gasteiger partial charge in [-0.3, -0.25) is 14.9 Å². The number of halogens is 1. The maximum atomic E-state index is 10.9. The van der Waals surface area contributed by atoms with Crippen molar-refractivity contribution in [3.8, 4) is 0 Å². The summed E-state index contributed by atoms with van der Waals surface area (Å²) in [5, 5.41) is 22.8. The van der Waals surface area contributed by atoms with Crippen LogP contribution in [0.3, 0.4) is 0 Å². The molecule has 0 saturated carbocycles. The van der Waals surface area contributed by atoms with E-state index in [-0.39, 0.29) is 22.9 Å². The van der Waals surface area contributed by atoms with Gasteiger partial charge < -0.3 is 10.4 Å². The molecule has 18 heavy (non-hydrogen) atoms. The molecule has 0 amide bonds. The molecule has 0 fully saturated rings. The van der Waals surface area contributed by atoms with Crippen molar-refractivity contribution in [2.45, 2.75) is 13.8 Å². The molecule has 0 atom stereocenters. The summed E-state index contributed by atoms with van der Waals surface area (Å²) >= 11 is 5.68. The standard InChI is InChI=1S/C11H13ClN2O4/c1-11(2,10(15)16)6-13-8-4-3-7(12)5-9(8)14(17)18/h3-5,13H,6H2,1-2H3,(H,15,16). The Morgan fingerprint density at radius 1 is 1.56 bits per heavy atom. The Morgan fingerprint density at radius 3 is 2.67 bits per heavy atom. The van der Waals surface area contributed by atoms with Crippen molar-refractivity contribution in [3.05, 3.63) is 33.3 Å². The molecule has 6 nitrogen and oxygen atoms in total. The average Bonchev–Trinajstić information content (AvgIpc) is 2.27. The zero-order valence-electron chi connectivity index (χ0n) is 9.94. The van der Waals surface area contributed by atoms with E-state index in [2.05, 4.69) is 5.32 Å². The number of rotatable bonds is 5. The van der Waals surface area contributed by atoms with Gasteiger partial charge in [-0.05, 0) is 26.0 Å². The molecule has 0 heterocycles. The van der Waals surface area contributed by atoms with Crippen LogP contribution in [0.15, 0.2) is 18.2 Å². The maximum Gasteiger partial charge on any atom is 0.310 e. The van der Waals surface area contributed by atoms with E-state index in [4.69, 9.17) is 16.7 Å². The molecule has 0 aliphatic heterocycles. The first kappa shape index (κ1) is 14.2. The summed E-state index contributed by atoms with van der Waals surface area (Å²) < 4.78 is 0. The van der Waals surface area contributed by atoms with Crippen molar-refractivity contribution in [1.29, 1.82) is 0 Å². The van der Waals surface area contributed by atoms with E-state index in [1.165, 1.54) is 32.0 Å². The number of anilines is 1. The molecule has 0 radical (unpaired) electrons. The van der Waals surface area contributed by atoms with Crippen LogP contribution in [0.4, 0.5) is 11.4 Å². The minimum Gasteiger partial charge on any atom is -0.481 e. The topological polar surface area (TPSA) is 92.5 Å². The van der Waals surface area contributed by atoms with Gasteiger partial charge in [-0.25, -0.2) is 0 Å². The number of aliphatic carboxylic acids is 1. The molecule has 2 N–H and O–H groups in total. The second-order valence-corrected chi connectivity index (χ2v) is 4.90. The molecular weight excluding hydrogens is 260 g/mol. The molecule has 0 aliphatic carbocycles. The van der Waals surface area contributed by atoms with Gasteiger partial charge in [0.25, 0.3) is 5.69 Å². The first-order valence-corrected chi connectivity index (χ1v) is 5.53. The Labute approximate surface area is 109 Å². The zero-order valence-corrected chi connectivity index (χ0v) is 10.7. The van der Waals surface area contributed by atoms with E-state index >= 15 is 0 Å². The van der Waals surface area contributed by atoms with Gasteiger partial charge in [0.05, 0.1) is 10.3 Å². The number of nitrogens with one attached hydrogen (secondary N) is 1. The summed E-state index contributed by atoms with van der Waals surface area (Å²) in [6.45, 7) is 3.14. The highest BCUT2D eigenvalue weighted by atomic mass is 35.5. The summed E-state index contributed by atoms with van der Waals surface area (Å²) in [6, 6.07) is 4.18. The molecule has 0 saturated heterocycles. The summed E-state index contributed by atoms with van der Waals surface area (Å²) in [7, 11) is 0. The maximum absolute atomic E-state index is 10.9. The summed E-state index contributed by atoms with van der Waals surface area (Å²) in [5.41, 5.74) is -0.949. The van der Waals surface area contributed by atoms with E-state index in [1.54, 1.807) is 0 Å². The highest BCUT2D eigenvalue weighted by Gasteiger charge is 2.27. The lowest BCUT2D eigenvalue weighted by atomic mass is 9.94. The third-order valence-electron chi connectivity index (χ3n) is 2.46. The minimum atomic E-state index is -1.02. The van der Waals surface area contributed by atoms with Crippen LogP contribution in [0.2, 0.25) is 5.02 Å². The van der Waals surface area contributed by atoms with Gasteiger partial charge >= 0.3 is 5.97 Å². The predicted molar refractivity (Wildman–Crippen MR) is 68.0 cm³/mol. The summed E-state index contributed by atoms with van der Waals surface area (Å²) in [5.74, 6) is -0.980. The van der Waals surface area contributed by atoms with Crippen molar-refractivity contribution in [2.75, 3.05) is 11.9 Å². The Bertz CT molecular complexity index is 488. The van der Waals surface area contributed by atoms with Crippen LogP contribution in [-0.4, -0.2) is 22.5 Å². The molecule has 7 heteroatoms. The number of carboxylic acid groups (broad SMARTS) is 1. The van der Waals surface area contributed by atoms with E-state index in [1.807, 2.05) is 0 Å². The number of carboxylic acids is 1. The van der Waals surface area contributed by atoms with E-state index in [0.717, 1.165) is 0 Å². The SMILES string of the molecule is CC(C)(CNc1ccc(Cl)cc1[N+](=O)[O-])C(=O)O. The molecule has 98 valence electrons. The summed E-state index contributed by atoms with van der Waals surface area (Å²) in [4.78, 5) is 21.2. The monoisotopic (exact) mass is 272 g/mol. The van der Waals surface area contributed by atoms with Crippen LogP contribution in [0.1, 0.15) is 13.8 Å². The molecule has 1 aromatic rings. The quantitative estimate of drug-likeness (QED) is 0.635. The Hall–Kier alpha value is -1.82. The molecule has 1 rings (SSSR count). The van der Waals surface area contributed by atoms with Gasteiger partial charge in [-0.2, -0.15) is 0 Å². The van der Waals surface area contributed by atoms with Gasteiger partial charge in [0.2, 0.25) is 0 Å². The van der Waals surface area contributed by atoms with Gasteiger partial charge in [0.15, 0.2) is 0 Å². The van der Waals surface area contributed by atoms with Crippen LogP contribution < -0.4 is 5.32 Å². The van der Waals surface area contributed by atoms with Crippen LogP contribution in [0, 0.1) is 15.5 Å². The zero-order chi connectivity index (χ0) is 13.9. The Kier molecular flexibility index (Phi) is 4.13. The van der Waals surface area contributed by atoms with E-state index < -0.39 is 16.3 Å². The third kappa shape index (κ3) is 3.33. The number of hydrogen-bond acceptors (Lipinski definition) is 4. The third-order valence-corrected chi connectivity index (χ3v) is 2.69. The highest BCUT2D eigenvalue weighted by molar-refractivity contribution is 6.30. The first-order valence-electron chi connectivity index (χ1n) is 5.15. The normalized spacial score (nSPS) is 11.1. The Morgan fingerprint density at radius 2 is 2.17 bits per heavy atom. The average molecular weight is 273 g/mol. The fourth-order valence-electron chi connectivity index (χ4n) is 1.20. The molecule has 0 aromatic heterocycles. The molecule has 0 spiro atoms. The fourth-order valence-corrected chi connectivity index (χ4v) is 1.36. The van der Waals surface area contributed by atoms with Crippen LogP contribution in [0.25, 0.3) is 0 Å². The van der Waals surface area contributed by atoms with Crippen molar-refractivity contribution in [2.24, 2.45) is 5.41 Å². The van der Waals surface area contributed by atoms with Crippen LogP contribution in [0.5, 0.6) is 0 Å². The first-order chi connectivity index (χ1) is 8.24. The van der Waals surface area contributed by atoms with Gasteiger partial charge in [-0.1, -0.05) is 11.6 Å². The smallest absolute Gasteiger partial charge is 0.310 e. The number of hydrogen-bond donors (Lipinski definition) is 2. The molecule has 1 aromatic carbocycles. The van der Waals surface area contributed by atoms with E-state index in [0.29, 0.717) is 0 Å². The minimum absolute atomic E-state index is 0.0742. The summed E-state index contributed by atoms with van der Waals surface area (Å²) in [6.07, 6.45) is 0.